The lowest BCUT2D eigenvalue weighted by Gasteiger charge is -2.12. The minimum Gasteiger partial charge on any atom is -0.387 e. The summed E-state index contributed by atoms with van der Waals surface area (Å²) in [5, 5.41) is 13.9. The van der Waals surface area contributed by atoms with Crippen LogP contribution in [0.4, 0.5) is 0 Å². The molecule has 0 aliphatic rings. The fourth-order valence-electron chi connectivity index (χ4n) is 1.71. The quantitative estimate of drug-likeness (QED) is 0.885. The van der Waals surface area contributed by atoms with Gasteiger partial charge in [0.25, 0.3) is 0 Å². The summed E-state index contributed by atoms with van der Waals surface area (Å²) in [6.45, 7) is 1.62. The molecule has 0 radical (unpaired) electrons. The van der Waals surface area contributed by atoms with E-state index in [1.807, 2.05) is 5.38 Å². The Morgan fingerprint density at radius 3 is 2.80 bits per heavy atom. The van der Waals surface area contributed by atoms with E-state index in [4.69, 9.17) is 11.6 Å². The van der Waals surface area contributed by atoms with E-state index in [1.54, 1.807) is 30.5 Å². The molecular weight excluding hydrogens is 318 g/mol. The number of nitrogens with one attached hydrogen (secondary N) is 1. The third-order valence-electron chi connectivity index (χ3n) is 2.83. The molecule has 0 aliphatic heterocycles. The zero-order chi connectivity index (χ0) is 14.8. The van der Waals surface area contributed by atoms with Crippen molar-refractivity contribution in [2.45, 2.75) is 17.9 Å². The highest BCUT2D eigenvalue weighted by atomic mass is 35.5. The van der Waals surface area contributed by atoms with Crippen molar-refractivity contribution >= 4 is 33.0 Å². The fourth-order valence-corrected chi connectivity index (χ4v) is 3.96. The zero-order valence-electron chi connectivity index (χ0n) is 10.7. The van der Waals surface area contributed by atoms with Crippen LogP contribution in [0.2, 0.25) is 5.02 Å². The van der Waals surface area contributed by atoms with Crippen LogP contribution in [0.15, 0.2) is 39.9 Å². The lowest BCUT2D eigenvalue weighted by Crippen LogP contribution is -2.29. The Labute approximate surface area is 127 Å². The Morgan fingerprint density at radius 2 is 2.15 bits per heavy atom. The number of halogens is 1. The minimum absolute atomic E-state index is 0.0784. The summed E-state index contributed by atoms with van der Waals surface area (Å²) < 4.78 is 26.8. The molecule has 4 nitrogen and oxygen atoms in total. The number of rotatable bonds is 5. The lowest BCUT2D eigenvalue weighted by atomic mass is 10.2. The van der Waals surface area contributed by atoms with E-state index in [-0.39, 0.29) is 11.4 Å². The molecule has 0 spiro atoms. The van der Waals surface area contributed by atoms with Gasteiger partial charge in [0, 0.05) is 11.6 Å². The van der Waals surface area contributed by atoms with Crippen LogP contribution in [0.5, 0.6) is 0 Å². The van der Waals surface area contributed by atoms with Gasteiger partial charge in [0.1, 0.15) is 0 Å². The van der Waals surface area contributed by atoms with E-state index in [0.717, 1.165) is 0 Å². The smallest absolute Gasteiger partial charge is 0.240 e. The summed E-state index contributed by atoms with van der Waals surface area (Å²) >= 11 is 7.27. The first-order valence-corrected chi connectivity index (χ1v) is 8.66. The number of hydrogen-bond donors (Lipinski definition) is 2. The molecule has 1 unspecified atom stereocenters. The van der Waals surface area contributed by atoms with Crippen molar-refractivity contribution in [2.24, 2.45) is 0 Å². The summed E-state index contributed by atoms with van der Waals surface area (Å²) in [7, 11) is -3.69. The second kappa shape index (κ2) is 6.24. The molecular formula is C13H14ClNO3S2. The molecule has 0 saturated carbocycles. The Morgan fingerprint density at radius 1 is 1.40 bits per heavy atom. The Kier molecular flexibility index (Phi) is 4.82. The molecule has 1 aromatic heterocycles. The van der Waals surface area contributed by atoms with Gasteiger partial charge in [0.15, 0.2) is 0 Å². The summed E-state index contributed by atoms with van der Waals surface area (Å²) in [5.74, 6) is 0. The number of aliphatic hydroxyl groups excluding tert-OH is 1. The van der Waals surface area contributed by atoms with Gasteiger partial charge in [-0.3, -0.25) is 0 Å². The van der Waals surface area contributed by atoms with Gasteiger partial charge in [0.2, 0.25) is 10.0 Å². The van der Waals surface area contributed by atoms with Crippen LogP contribution in [0.25, 0.3) is 0 Å². The third-order valence-corrected chi connectivity index (χ3v) is 5.34. The van der Waals surface area contributed by atoms with Gasteiger partial charge < -0.3 is 5.11 Å². The van der Waals surface area contributed by atoms with Gasteiger partial charge in [-0.2, -0.15) is 11.3 Å². The Bertz CT molecular complexity index is 684. The van der Waals surface area contributed by atoms with Gasteiger partial charge in [-0.25, -0.2) is 13.1 Å². The maximum Gasteiger partial charge on any atom is 0.240 e. The van der Waals surface area contributed by atoms with Crippen molar-refractivity contribution in [3.8, 4) is 0 Å². The van der Waals surface area contributed by atoms with Crippen molar-refractivity contribution in [1.82, 2.24) is 4.72 Å². The minimum atomic E-state index is -3.69. The van der Waals surface area contributed by atoms with E-state index in [1.165, 1.54) is 17.4 Å². The highest BCUT2D eigenvalue weighted by molar-refractivity contribution is 7.89. The molecule has 108 valence electrons. The predicted molar refractivity (Wildman–Crippen MR) is 80.7 cm³/mol. The molecule has 1 atom stereocenters. The first-order valence-electron chi connectivity index (χ1n) is 5.86. The van der Waals surface area contributed by atoms with Crippen molar-refractivity contribution in [1.29, 1.82) is 0 Å². The SMILES string of the molecule is Cc1ccc(Cl)cc1S(=O)(=O)NCC(O)c1ccsc1. The molecule has 2 rings (SSSR count). The lowest BCUT2D eigenvalue weighted by molar-refractivity contribution is 0.182. The normalized spacial score (nSPS) is 13.3. The number of thiophene rings is 1. The fraction of sp³-hybridized carbons (Fsp3) is 0.231. The maximum atomic E-state index is 12.2. The van der Waals surface area contributed by atoms with Crippen molar-refractivity contribution in [2.75, 3.05) is 6.54 Å². The number of sulfonamides is 1. The van der Waals surface area contributed by atoms with Gasteiger partial charge in [-0.05, 0) is 47.0 Å². The summed E-state index contributed by atoms with van der Waals surface area (Å²) in [6.07, 6.45) is -0.865. The molecule has 20 heavy (non-hydrogen) atoms. The second-order valence-corrected chi connectivity index (χ2v) is 7.29. The monoisotopic (exact) mass is 331 g/mol. The average molecular weight is 332 g/mol. The highest BCUT2D eigenvalue weighted by Gasteiger charge is 2.19. The topological polar surface area (TPSA) is 66.4 Å². The molecule has 1 heterocycles. The number of benzene rings is 1. The molecule has 1 aromatic carbocycles. The molecule has 2 N–H and O–H groups in total. The molecule has 0 bridgehead atoms. The number of hydrogen-bond acceptors (Lipinski definition) is 4. The summed E-state index contributed by atoms with van der Waals surface area (Å²) in [6, 6.07) is 6.44. The highest BCUT2D eigenvalue weighted by Crippen LogP contribution is 2.21. The first kappa shape index (κ1) is 15.5. The van der Waals surface area contributed by atoms with Crippen LogP contribution in [-0.2, 0) is 10.0 Å². The molecule has 0 aliphatic carbocycles. The predicted octanol–water partition coefficient (Wildman–Crippen LogP) is 2.72. The first-order chi connectivity index (χ1) is 9.40. The molecule has 0 amide bonds. The standard InChI is InChI=1S/C13H14ClNO3S2/c1-9-2-3-11(14)6-13(9)20(17,18)15-7-12(16)10-4-5-19-8-10/h2-6,8,12,15-16H,7H2,1H3. The van der Waals surface area contributed by atoms with Gasteiger partial charge in [-0.15, -0.1) is 0 Å². The van der Waals surface area contributed by atoms with E-state index in [9.17, 15) is 13.5 Å². The van der Waals surface area contributed by atoms with Crippen LogP contribution < -0.4 is 4.72 Å². The number of aliphatic hydroxyl groups is 1. The van der Waals surface area contributed by atoms with Gasteiger partial charge in [0.05, 0.1) is 11.0 Å². The van der Waals surface area contributed by atoms with Gasteiger partial charge in [-0.1, -0.05) is 17.7 Å². The van der Waals surface area contributed by atoms with Gasteiger partial charge >= 0.3 is 0 Å². The van der Waals surface area contributed by atoms with Crippen LogP contribution in [0.3, 0.4) is 0 Å². The van der Waals surface area contributed by atoms with E-state index in [2.05, 4.69) is 4.72 Å². The Hall–Kier alpha value is -0.920. The molecule has 2 aromatic rings. The van der Waals surface area contributed by atoms with Crippen LogP contribution in [0.1, 0.15) is 17.2 Å². The third kappa shape index (κ3) is 3.59. The second-order valence-electron chi connectivity index (χ2n) is 4.33. The van der Waals surface area contributed by atoms with Crippen molar-refractivity contribution < 1.29 is 13.5 Å². The van der Waals surface area contributed by atoms with Crippen LogP contribution >= 0.6 is 22.9 Å². The molecule has 7 heteroatoms. The number of aryl methyl sites for hydroxylation is 1. The van der Waals surface area contributed by atoms with E-state index in [0.29, 0.717) is 16.1 Å². The van der Waals surface area contributed by atoms with Crippen LogP contribution in [-0.4, -0.2) is 20.1 Å². The van der Waals surface area contributed by atoms with Crippen molar-refractivity contribution in [3.63, 3.8) is 0 Å². The average Bonchev–Trinajstić information content (AvgIpc) is 2.93. The zero-order valence-corrected chi connectivity index (χ0v) is 13.1. The summed E-state index contributed by atoms with van der Waals surface area (Å²) in [4.78, 5) is 0.127. The molecule has 0 fully saturated rings. The van der Waals surface area contributed by atoms with Crippen LogP contribution in [0, 0.1) is 6.92 Å². The maximum absolute atomic E-state index is 12.2. The molecule has 0 saturated heterocycles. The Balaban J connectivity index is 2.13. The van der Waals surface area contributed by atoms with E-state index < -0.39 is 16.1 Å². The largest absolute Gasteiger partial charge is 0.387 e. The van der Waals surface area contributed by atoms with Crippen molar-refractivity contribution in [3.05, 3.63) is 51.2 Å². The van der Waals surface area contributed by atoms with E-state index >= 15 is 0 Å². The summed E-state index contributed by atoms with van der Waals surface area (Å²) in [5.41, 5.74) is 1.30.